The topological polar surface area (TPSA) is 105 Å². The lowest BCUT2D eigenvalue weighted by Gasteiger charge is -2.13. The lowest BCUT2D eigenvalue weighted by Crippen LogP contribution is -2.28. The van der Waals surface area contributed by atoms with Gasteiger partial charge in [0.25, 0.3) is 0 Å². The molecule has 0 saturated carbocycles. The van der Waals surface area contributed by atoms with Crippen LogP contribution >= 0.6 is 0 Å². The molecule has 0 aliphatic heterocycles. The normalized spacial score (nSPS) is 10.6. The summed E-state index contributed by atoms with van der Waals surface area (Å²) in [6, 6.07) is 14.8. The van der Waals surface area contributed by atoms with Gasteiger partial charge in [-0.05, 0) is 35.1 Å². The maximum atomic E-state index is 11.9. The highest BCUT2D eigenvalue weighted by Gasteiger charge is 2.29. The molecule has 170 valence electrons. The fourth-order valence-electron chi connectivity index (χ4n) is 3.23. The number of ether oxygens (including phenoxy) is 4. The number of carbonyl (C=O) groups is 4. The van der Waals surface area contributed by atoms with Crippen LogP contribution in [0.5, 0.6) is 0 Å². The SMILES string of the molecule is COC(=O)C(Cc1ccc(-c2ccc(CC(C(=O)OC)C(=O)OC)cc2)cc1)C(=O)OC. The maximum Gasteiger partial charge on any atom is 0.320 e. The van der Waals surface area contributed by atoms with Crippen LogP contribution in [0.1, 0.15) is 11.1 Å². The van der Waals surface area contributed by atoms with E-state index in [1.54, 1.807) is 0 Å². The number of rotatable bonds is 9. The third kappa shape index (κ3) is 6.16. The third-order valence-electron chi connectivity index (χ3n) is 5.06. The highest BCUT2D eigenvalue weighted by molar-refractivity contribution is 5.95. The van der Waals surface area contributed by atoms with E-state index in [0.717, 1.165) is 22.3 Å². The summed E-state index contributed by atoms with van der Waals surface area (Å²) in [4.78, 5) is 47.4. The molecule has 0 saturated heterocycles. The monoisotopic (exact) mass is 442 g/mol. The molecule has 8 heteroatoms. The van der Waals surface area contributed by atoms with Crippen molar-refractivity contribution >= 4 is 23.9 Å². The molecule has 0 atom stereocenters. The molecule has 0 fully saturated rings. The van der Waals surface area contributed by atoms with E-state index in [-0.39, 0.29) is 12.8 Å². The Morgan fingerprint density at radius 1 is 0.531 bits per heavy atom. The lowest BCUT2D eigenvalue weighted by atomic mass is 9.95. The molecule has 32 heavy (non-hydrogen) atoms. The number of benzene rings is 2. The van der Waals surface area contributed by atoms with Crippen molar-refractivity contribution in [3.05, 3.63) is 59.7 Å². The molecule has 0 unspecified atom stereocenters. The highest BCUT2D eigenvalue weighted by atomic mass is 16.5. The summed E-state index contributed by atoms with van der Waals surface area (Å²) in [6.45, 7) is 0. The first-order valence-electron chi connectivity index (χ1n) is 9.84. The van der Waals surface area contributed by atoms with Gasteiger partial charge in [-0.3, -0.25) is 19.2 Å². The molecule has 0 N–H and O–H groups in total. The van der Waals surface area contributed by atoms with E-state index in [1.165, 1.54) is 28.4 Å². The molecule has 0 aliphatic rings. The van der Waals surface area contributed by atoms with Gasteiger partial charge in [0.15, 0.2) is 11.8 Å². The van der Waals surface area contributed by atoms with Crippen LogP contribution in [0.3, 0.4) is 0 Å². The first-order chi connectivity index (χ1) is 15.3. The predicted octanol–water partition coefficient (Wildman–Crippen LogP) is 2.36. The Balaban J connectivity index is 2.13. The minimum Gasteiger partial charge on any atom is -0.468 e. The first-order valence-corrected chi connectivity index (χ1v) is 9.84. The molecule has 0 aromatic heterocycles. The fraction of sp³-hybridized carbons (Fsp3) is 0.333. The molecule has 2 aromatic rings. The van der Waals surface area contributed by atoms with Crippen LogP contribution < -0.4 is 0 Å². The van der Waals surface area contributed by atoms with Crippen LogP contribution in [0.15, 0.2) is 48.5 Å². The third-order valence-corrected chi connectivity index (χ3v) is 5.06. The average Bonchev–Trinajstić information content (AvgIpc) is 2.84. The molecule has 8 nitrogen and oxygen atoms in total. The Morgan fingerprint density at radius 2 is 0.781 bits per heavy atom. The van der Waals surface area contributed by atoms with E-state index in [0.29, 0.717) is 0 Å². The van der Waals surface area contributed by atoms with Gasteiger partial charge in [-0.25, -0.2) is 0 Å². The van der Waals surface area contributed by atoms with E-state index in [1.807, 2.05) is 48.5 Å². The van der Waals surface area contributed by atoms with Crippen molar-refractivity contribution in [1.29, 1.82) is 0 Å². The van der Waals surface area contributed by atoms with Gasteiger partial charge in [0.05, 0.1) is 28.4 Å². The van der Waals surface area contributed by atoms with Crippen molar-refractivity contribution in [2.75, 3.05) is 28.4 Å². The summed E-state index contributed by atoms with van der Waals surface area (Å²) in [5.41, 5.74) is 3.41. The maximum absolute atomic E-state index is 11.9. The van der Waals surface area contributed by atoms with Crippen LogP contribution in [-0.4, -0.2) is 52.3 Å². The van der Waals surface area contributed by atoms with Crippen molar-refractivity contribution in [3.63, 3.8) is 0 Å². The Morgan fingerprint density at radius 3 is 1.00 bits per heavy atom. The van der Waals surface area contributed by atoms with Crippen molar-refractivity contribution in [2.24, 2.45) is 11.8 Å². The first kappa shape index (κ1) is 24.6. The van der Waals surface area contributed by atoms with E-state index in [2.05, 4.69) is 18.9 Å². The van der Waals surface area contributed by atoms with Gasteiger partial charge in [-0.2, -0.15) is 0 Å². The summed E-state index contributed by atoms with van der Waals surface area (Å²) in [5.74, 6) is -4.62. The van der Waals surface area contributed by atoms with Crippen LogP contribution in [0.2, 0.25) is 0 Å². The quantitative estimate of drug-likeness (QED) is 0.331. The zero-order valence-corrected chi connectivity index (χ0v) is 18.5. The van der Waals surface area contributed by atoms with Gasteiger partial charge < -0.3 is 18.9 Å². The molecular formula is C24H26O8. The van der Waals surface area contributed by atoms with Gasteiger partial charge >= 0.3 is 23.9 Å². The summed E-state index contributed by atoms with van der Waals surface area (Å²) < 4.78 is 18.7. The molecule has 0 aliphatic carbocycles. The molecular weight excluding hydrogens is 416 g/mol. The zero-order chi connectivity index (χ0) is 23.7. The Bertz CT molecular complexity index is 835. The second kappa shape index (κ2) is 11.6. The van der Waals surface area contributed by atoms with Crippen molar-refractivity contribution < 1.29 is 38.1 Å². The molecule has 0 bridgehead atoms. The number of hydrogen-bond donors (Lipinski definition) is 0. The van der Waals surface area contributed by atoms with Crippen molar-refractivity contribution in [2.45, 2.75) is 12.8 Å². The van der Waals surface area contributed by atoms with E-state index in [4.69, 9.17) is 0 Å². The Hall–Kier alpha value is -3.68. The molecule has 0 radical (unpaired) electrons. The predicted molar refractivity (Wildman–Crippen MR) is 114 cm³/mol. The zero-order valence-electron chi connectivity index (χ0n) is 18.5. The Kier molecular flexibility index (Phi) is 8.95. The summed E-state index contributed by atoms with van der Waals surface area (Å²) in [5, 5.41) is 0. The van der Waals surface area contributed by atoms with E-state index >= 15 is 0 Å². The standard InChI is InChI=1S/C24H26O8/c1-29-21(25)19(22(26)30-2)13-15-5-9-17(10-6-15)18-11-7-16(8-12-18)14-20(23(27)31-3)24(28)32-4/h5-12,19-20H,13-14H2,1-4H3. The molecule has 2 rings (SSSR count). The lowest BCUT2D eigenvalue weighted by molar-refractivity contribution is -0.160. The van der Waals surface area contributed by atoms with Gasteiger partial charge in [-0.15, -0.1) is 0 Å². The highest BCUT2D eigenvalue weighted by Crippen LogP contribution is 2.23. The average molecular weight is 442 g/mol. The number of carbonyl (C=O) groups excluding carboxylic acids is 4. The molecule has 0 amide bonds. The van der Waals surface area contributed by atoms with Crippen LogP contribution in [0.25, 0.3) is 11.1 Å². The molecule has 0 spiro atoms. The van der Waals surface area contributed by atoms with Gasteiger partial charge in [0.2, 0.25) is 0 Å². The van der Waals surface area contributed by atoms with E-state index in [9.17, 15) is 19.2 Å². The van der Waals surface area contributed by atoms with Crippen molar-refractivity contribution in [3.8, 4) is 11.1 Å². The summed E-state index contributed by atoms with van der Waals surface area (Å²) >= 11 is 0. The smallest absolute Gasteiger partial charge is 0.320 e. The van der Waals surface area contributed by atoms with Crippen LogP contribution in [-0.2, 0) is 51.0 Å². The Labute approximate surface area is 186 Å². The van der Waals surface area contributed by atoms with Gasteiger partial charge in [-0.1, -0.05) is 48.5 Å². The van der Waals surface area contributed by atoms with Crippen molar-refractivity contribution in [1.82, 2.24) is 0 Å². The van der Waals surface area contributed by atoms with Crippen LogP contribution in [0, 0.1) is 11.8 Å². The van der Waals surface area contributed by atoms with E-state index < -0.39 is 35.7 Å². The van der Waals surface area contributed by atoms with Gasteiger partial charge in [0.1, 0.15) is 0 Å². The summed E-state index contributed by atoms with van der Waals surface area (Å²) in [7, 11) is 4.90. The minimum atomic E-state index is -1.02. The van der Waals surface area contributed by atoms with Crippen LogP contribution in [0.4, 0.5) is 0 Å². The second-order valence-corrected chi connectivity index (χ2v) is 7.00. The fourth-order valence-corrected chi connectivity index (χ4v) is 3.23. The summed E-state index contributed by atoms with van der Waals surface area (Å²) in [6.07, 6.45) is 0.335. The number of hydrogen-bond acceptors (Lipinski definition) is 8. The number of esters is 4. The molecule has 2 aromatic carbocycles. The largest absolute Gasteiger partial charge is 0.468 e. The second-order valence-electron chi connectivity index (χ2n) is 7.00. The number of methoxy groups -OCH3 is 4. The minimum absolute atomic E-state index is 0.168. The van der Waals surface area contributed by atoms with Gasteiger partial charge in [0, 0.05) is 0 Å². The molecule has 0 heterocycles.